The predicted octanol–water partition coefficient (Wildman–Crippen LogP) is 3.62. The number of halogens is 3. The SMILES string of the molecule is CCCN(C)C(=O)c1cccc(C(F)(F)F)c1NCC. The highest BCUT2D eigenvalue weighted by Gasteiger charge is 2.35. The number of alkyl halides is 3. The maximum atomic E-state index is 13.0. The van der Waals surface area contributed by atoms with E-state index < -0.39 is 17.6 Å². The minimum absolute atomic E-state index is 0.0534. The summed E-state index contributed by atoms with van der Waals surface area (Å²) in [7, 11) is 1.59. The molecule has 1 amide bonds. The Hall–Kier alpha value is -1.72. The second-order valence-electron chi connectivity index (χ2n) is 4.48. The topological polar surface area (TPSA) is 32.3 Å². The fourth-order valence-corrected chi connectivity index (χ4v) is 1.98. The number of benzene rings is 1. The van der Waals surface area contributed by atoms with Crippen LogP contribution < -0.4 is 5.32 Å². The molecule has 0 aliphatic heterocycles. The molecule has 20 heavy (non-hydrogen) atoms. The molecule has 0 atom stereocenters. The second kappa shape index (κ2) is 6.63. The van der Waals surface area contributed by atoms with Gasteiger partial charge in [0, 0.05) is 20.1 Å². The number of para-hydroxylation sites is 1. The van der Waals surface area contributed by atoms with Crippen molar-refractivity contribution in [3.63, 3.8) is 0 Å². The molecule has 0 heterocycles. The summed E-state index contributed by atoms with van der Waals surface area (Å²) in [6.07, 6.45) is -3.74. The number of nitrogens with one attached hydrogen (secondary N) is 1. The van der Waals surface area contributed by atoms with E-state index in [0.717, 1.165) is 12.5 Å². The highest BCUT2D eigenvalue weighted by molar-refractivity contribution is 6.00. The van der Waals surface area contributed by atoms with Crippen LogP contribution in [-0.2, 0) is 6.18 Å². The largest absolute Gasteiger partial charge is 0.418 e. The second-order valence-corrected chi connectivity index (χ2v) is 4.48. The van der Waals surface area contributed by atoms with Gasteiger partial charge in [-0.1, -0.05) is 13.0 Å². The molecule has 1 aromatic carbocycles. The normalized spacial score (nSPS) is 11.3. The van der Waals surface area contributed by atoms with E-state index in [-0.39, 0.29) is 11.3 Å². The van der Waals surface area contributed by atoms with Crippen molar-refractivity contribution in [2.24, 2.45) is 0 Å². The van der Waals surface area contributed by atoms with Crippen LogP contribution >= 0.6 is 0 Å². The predicted molar refractivity (Wildman–Crippen MR) is 72.9 cm³/mol. The van der Waals surface area contributed by atoms with Gasteiger partial charge in [-0.2, -0.15) is 13.2 Å². The van der Waals surface area contributed by atoms with Crippen molar-refractivity contribution >= 4 is 11.6 Å². The maximum absolute atomic E-state index is 13.0. The molecule has 0 bridgehead atoms. The van der Waals surface area contributed by atoms with Gasteiger partial charge in [-0.3, -0.25) is 4.79 Å². The van der Waals surface area contributed by atoms with E-state index in [1.165, 1.54) is 17.0 Å². The monoisotopic (exact) mass is 288 g/mol. The Bertz CT molecular complexity index is 472. The molecule has 0 saturated carbocycles. The first kappa shape index (κ1) is 16.3. The third kappa shape index (κ3) is 3.65. The first-order valence-corrected chi connectivity index (χ1v) is 6.52. The fourth-order valence-electron chi connectivity index (χ4n) is 1.98. The average molecular weight is 288 g/mol. The van der Waals surface area contributed by atoms with Gasteiger partial charge >= 0.3 is 6.18 Å². The summed E-state index contributed by atoms with van der Waals surface area (Å²) in [5, 5.41) is 2.66. The molecule has 0 fully saturated rings. The summed E-state index contributed by atoms with van der Waals surface area (Å²) in [5.41, 5.74) is -0.900. The van der Waals surface area contributed by atoms with Gasteiger partial charge in [0.2, 0.25) is 0 Å². The number of hydrogen-bond acceptors (Lipinski definition) is 2. The Balaban J connectivity index is 3.29. The Morgan fingerprint density at radius 1 is 1.30 bits per heavy atom. The Morgan fingerprint density at radius 2 is 1.95 bits per heavy atom. The molecule has 0 spiro atoms. The minimum atomic E-state index is -4.49. The van der Waals surface area contributed by atoms with Crippen molar-refractivity contribution in [3.8, 4) is 0 Å². The number of nitrogens with zero attached hydrogens (tertiary/aromatic N) is 1. The Labute approximate surface area is 116 Å². The highest BCUT2D eigenvalue weighted by atomic mass is 19.4. The number of anilines is 1. The Kier molecular flexibility index (Phi) is 5.42. The molecule has 0 aliphatic carbocycles. The summed E-state index contributed by atoms with van der Waals surface area (Å²) >= 11 is 0. The van der Waals surface area contributed by atoms with E-state index in [9.17, 15) is 18.0 Å². The van der Waals surface area contributed by atoms with Crippen molar-refractivity contribution in [1.82, 2.24) is 4.90 Å². The van der Waals surface area contributed by atoms with Crippen LogP contribution in [0.1, 0.15) is 36.2 Å². The summed E-state index contributed by atoms with van der Waals surface area (Å²) < 4.78 is 39.0. The van der Waals surface area contributed by atoms with Crippen LogP contribution in [0.5, 0.6) is 0 Å². The summed E-state index contributed by atoms with van der Waals surface area (Å²) in [6, 6.07) is 3.66. The molecule has 0 radical (unpaired) electrons. The van der Waals surface area contributed by atoms with Crippen molar-refractivity contribution in [2.45, 2.75) is 26.4 Å². The van der Waals surface area contributed by atoms with Gasteiger partial charge in [0.15, 0.2) is 0 Å². The third-order valence-corrected chi connectivity index (χ3v) is 2.86. The summed E-state index contributed by atoms with van der Waals surface area (Å²) in [5.74, 6) is -0.408. The van der Waals surface area contributed by atoms with Gasteiger partial charge in [-0.15, -0.1) is 0 Å². The summed E-state index contributed by atoms with van der Waals surface area (Å²) in [4.78, 5) is 13.7. The maximum Gasteiger partial charge on any atom is 0.418 e. The molecule has 1 rings (SSSR count). The van der Waals surface area contributed by atoms with E-state index in [1.807, 2.05) is 6.92 Å². The van der Waals surface area contributed by atoms with Crippen LogP contribution in [0.3, 0.4) is 0 Å². The molecule has 0 aliphatic rings. The van der Waals surface area contributed by atoms with E-state index in [4.69, 9.17) is 0 Å². The number of rotatable bonds is 5. The van der Waals surface area contributed by atoms with E-state index >= 15 is 0 Å². The summed E-state index contributed by atoms with van der Waals surface area (Å²) in [6.45, 7) is 4.41. The fraction of sp³-hybridized carbons (Fsp3) is 0.500. The molecule has 0 saturated heterocycles. The van der Waals surface area contributed by atoms with Crippen LogP contribution in [0.4, 0.5) is 18.9 Å². The van der Waals surface area contributed by atoms with Crippen molar-refractivity contribution in [1.29, 1.82) is 0 Å². The number of carbonyl (C=O) groups is 1. The molecule has 0 aromatic heterocycles. The zero-order valence-corrected chi connectivity index (χ0v) is 11.8. The van der Waals surface area contributed by atoms with E-state index in [1.54, 1.807) is 14.0 Å². The van der Waals surface area contributed by atoms with Gasteiger partial charge in [0.1, 0.15) is 0 Å². The number of hydrogen-bond donors (Lipinski definition) is 1. The lowest BCUT2D eigenvalue weighted by molar-refractivity contribution is -0.137. The number of carbonyl (C=O) groups excluding carboxylic acids is 1. The molecule has 0 unspecified atom stereocenters. The van der Waals surface area contributed by atoms with E-state index in [0.29, 0.717) is 13.1 Å². The van der Waals surface area contributed by atoms with Crippen LogP contribution in [0, 0.1) is 0 Å². The van der Waals surface area contributed by atoms with Crippen LogP contribution in [-0.4, -0.2) is 30.9 Å². The molecule has 3 nitrogen and oxygen atoms in total. The van der Waals surface area contributed by atoms with Crippen molar-refractivity contribution < 1.29 is 18.0 Å². The smallest absolute Gasteiger partial charge is 0.384 e. The minimum Gasteiger partial charge on any atom is -0.384 e. The van der Waals surface area contributed by atoms with Gasteiger partial charge in [-0.05, 0) is 25.5 Å². The molecular formula is C14H19F3N2O. The zero-order valence-electron chi connectivity index (χ0n) is 11.8. The Morgan fingerprint density at radius 3 is 2.45 bits per heavy atom. The average Bonchev–Trinajstić information content (AvgIpc) is 2.37. The van der Waals surface area contributed by atoms with Gasteiger partial charge in [0.25, 0.3) is 5.91 Å². The zero-order chi connectivity index (χ0) is 15.3. The molecule has 1 aromatic rings. The van der Waals surface area contributed by atoms with Crippen molar-refractivity contribution in [3.05, 3.63) is 29.3 Å². The molecular weight excluding hydrogens is 269 g/mol. The molecule has 1 N–H and O–H groups in total. The highest BCUT2D eigenvalue weighted by Crippen LogP contribution is 2.36. The van der Waals surface area contributed by atoms with Crippen LogP contribution in [0.25, 0.3) is 0 Å². The first-order chi connectivity index (χ1) is 9.32. The first-order valence-electron chi connectivity index (χ1n) is 6.52. The standard InChI is InChI=1S/C14H19F3N2O/c1-4-9-19(3)13(20)10-7-6-8-11(14(15,16)17)12(10)18-5-2/h6-8,18H,4-5,9H2,1-3H3. The van der Waals surface area contributed by atoms with Gasteiger partial charge < -0.3 is 10.2 Å². The van der Waals surface area contributed by atoms with E-state index in [2.05, 4.69) is 5.32 Å². The lowest BCUT2D eigenvalue weighted by atomic mass is 10.0. The lowest BCUT2D eigenvalue weighted by Crippen LogP contribution is -2.29. The third-order valence-electron chi connectivity index (χ3n) is 2.86. The molecule has 6 heteroatoms. The van der Waals surface area contributed by atoms with Crippen LogP contribution in [0.2, 0.25) is 0 Å². The van der Waals surface area contributed by atoms with Crippen LogP contribution in [0.15, 0.2) is 18.2 Å². The lowest BCUT2D eigenvalue weighted by Gasteiger charge is -2.21. The van der Waals surface area contributed by atoms with Gasteiger partial charge in [-0.25, -0.2) is 0 Å². The van der Waals surface area contributed by atoms with Gasteiger partial charge in [0.05, 0.1) is 16.8 Å². The number of amides is 1. The quantitative estimate of drug-likeness (QED) is 0.897. The van der Waals surface area contributed by atoms with Crippen molar-refractivity contribution in [2.75, 3.05) is 25.5 Å². The molecule has 112 valence electrons.